The summed E-state index contributed by atoms with van der Waals surface area (Å²) < 4.78 is 0. The SMILES string of the molecule is C=Cc1ccc(N(c2cccc(C)c2)c2ccc(-c3ccc(N(c4cccc(C)c4)c4cccc(C)c4)c(C)c3)cc2C)cc1. The molecule has 0 aliphatic rings. The predicted octanol–water partition coefficient (Wildman–Crippen LogP) is 12.5. The molecule has 2 nitrogen and oxygen atoms in total. The minimum absolute atomic E-state index is 1.11. The van der Waals surface area contributed by atoms with Crippen molar-refractivity contribution in [2.45, 2.75) is 34.6 Å². The van der Waals surface area contributed by atoms with Gasteiger partial charge in [0.15, 0.2) is 0 Å². The third kappa shape index (κ3) is 6.32. The van der Waals surface area contributed by atoms with Crippen LogP contribution in [-0.2, 0) is 0 Å². The van der Waals surface area contributed by atoms with Crippen LogP contribution in [0.25, 0.3) is 17.2 Å². The Morgan fingerprint density at radius 3 is 1.18 bits per heavy atom. The lowest BCUT2D eigenvalue weighted by molar-refractivity contribution is 1.23. The second-order valence-electron chi connectivity index (χ2n) is 12.0. The van der Waals surface area contributed by atoms with Crippen molar-refractivity contribution in [3.05, 3.63) is 173 Å². The van der Waals surface area contributed by atoms with Gasteiger partial charge in [0.25, 0.3) is 0 Å². The summed E-state index contributed by atoms with van der Waals surface area (Å²) in [5, 5.41) is 0. The van der Waals surface area contributed by atoms with Crippen LogP contribution in [0, 0.1) is 34.6 Å². The first-order valence-electron chi connectivity index (χ1n) is 15.6. The fraction of sp³-hybridized carbons (Fsp3) is 0.116. The molecule has 0 N–H and O–H groups in total. The lowest BCUT2D eigenvalue weighted by Crippen LogP contribution is -2.12. The summed E-state index contributed by atoms with van der Waals surface area (Å²) in [7, 11) is 0. The van der Waals surface area contributed by atoms with Crippen LogP contribution in [0.15, 0.2) is 140 Å². The lowest BCUT2D eigenvalue weighted by atomic mass is 9.98. The summed E-state index contributed by atoms with van der Waals surface area (Å²) >= 11 is 0. The van der Waals surface area contributed by atoms with Crippen LogP contribution in [-0.4, -0.2) is 0 Å². The highest BCUT2D eigenvalue weighted by molar-refractivity contribution is 5.83. The molecule has 0 spiro atoms. The van der Waals surface area contributed by atoms with E-state index in [4.69, 9.17) is 0 Å². The molecule has 0 unspecified atom stereocenters. The molecular weight excluding hydrogens is 544 g/mol. The van der Waals surface area contributed by atoms with Gasteiger partial charge in [-0.05, 0) is 152 Å². The Morgan fingerprint density at radius 2 is 0.822 bits per heavy atom. The Labute approximate surface area is 268 Å². The minimum atomic E-state index is 1.11. The van der Waals surface area contributed by atoms with Gasteiger partial charge in [0, 0.05) is 34.1 Å². The van der Waals surface area contributed by atoms with Crippen molar-refractivity contribution in [3.63, 3.8) is 0 Å². The third-order valence-electron chi connectivity index (χ3n) is 8.38. The average Bonchev–Trinajstić information content (AvgIpc) is 3.03. The van der Waals surface area contributed by atoms with E-state index in [1.807, 2.05) is 6.08 Å². The van der Waals surface area contributed by atoms with E-state index in [0.29, 0.717) is 0 Å². The number of hydrogen-bond acceptors (Lipinski definition) is 2. The van der Waals surface area contributed by atoms with Crippen LogP contribution in [0.4, 0.5) is 34.1 Å². The highest BCUT2D eigenvalue weighted by atomic mass is 15.1. The normalized spacial score (nSPS) is 10.9. The maximum Gasteiger partial charge on any atom is 0.0491 e. The number of aryl methyl sites for hydroxylation is 5. The van der Waals surface area contributed by atoms with E-state index < -0.39 is 0 Å². The van der Waals surface area contributed by atoms with Crippen LogP contribution >= 0.6 is 0 Å². The van der Waals surface area contributed by atoms with Gasteiger partial charge in [-0.25, -0.2) is 0 Å². The Hall–Kier alpha value is -5.34. The molecule has 6 rings (SSSR count). The van der Waals surface area contributed by atoms with Crippen LogP contribution in [0.2, 0.25) is 0 Å². The number of anilines is 6. The number of benzene rings is 6. The highest BCUT2D eigenvalue weighted by Gasteiger charge is 2.18. The van der Waals surface area contributed by atoms with Gasteiger partial charge >= 0.3 is 0 Å². The first-order chi connectivity index (χ1) is 21.8. The Bertz CT molecular complexity index is 1940. The van der Waals surface area contributed by atoms with E-state index in [1.54, 1.807) is 0 Å². The number of hydrogen-bond donors (Lipinski definition) is 0. The zero-order valence-electron chi connectivity index (χ0n) is 26.9. The molecule has 0 bridgehead atoms. The van der Waals surface area contributed by atoms with Crippen molar-refractivity contribution in [3.8, 4) is 11.1 Å². The maximum absolute atomic E-state index is 3.93. The smallest absolute Gasteiger partial charge is 0.0491 e. The van der Waals surface area contributed by atoms with Gasteiger partial charge in [-0.15, -0.1) is 0 Å². The Balaban J connectivity index is 1.39. The third-order valence-corrected chi connectivity index (χ3v) is 8.38. The standard InChI is InChI=1S/C43H40N2/c1-7-35-17-21-38(22-18-35)44(39-14-8-11-30(2)25-39)42-23-19-36(28-33(42)5)37-20-24-43(34(6)29-37)45(40-15-9-12-31(3)26-40)41-16-10-13-32(4)27-41/h7-29H,1H2,2-6H3. The van der Waals surface area contributed by atoms with Crippen LogP contribution in [0.5, 0.6) is 0 Å². The highest BCUT2D eigenvalue weighted by Crippen LogP contribution is 2.41. The first-order valence-corrected chi connectivity index (χ1v) is 15.6. The second kappa shape index (κ2) is 12.7. The second-order valence-corrected chi connectivity index (χ2v) is 12.0. The fourth-order valence-corrected chi connectivity index (χ4v) is 6.09. The molecule has 0 saturated carbocycles. The monoisotopic (exact) mass is 584 g/mol. The lowest BCUT2D eigenvalue weighted by Gasteiger charge is -2.28. The molecule has 222 valence electrons. The molecule has 6 aromatic rings. The molecule has 0 radical (unpaired) electrons. The topological polar surface area (TPSA) is 6.48 Å². The molecule has 6 aromatic carbocycles. The van der Waals surface area contributed by atoms with Crippen molar-refractivity contribution in [2.75, 3.05) is 9.80 Å². The number of nitrogens with zero attached hydrogens (tertiary/aromatic N) is 2. The quantitative estimate of drug-likeness (QED) is 0.176. The number of rotatable bonds is 8. The van der Waals surface area contributed by atoms with Gasteiger partial charge in [-0.3, -0.25) is 0 Å². The van der Waals surface area contributed by atoms with Gasteiger partial charge in [0.2, 0.25) is 0 Å². The summed E-state index contributed by atoms with van der Waals surface area (Å²) in [4.78, 5) is 4.71. The Kier molecular flexibility index (Phi) is 8.40. The molecule has 0 fully saturated rings. The van der Waals surface area contributed by atoms with Crippen molar-refractivity contribution < 1.29 is 0 Å². The summed E-state index contributed by atoms with van der Waals surface area (Å²) in [5.41, 5.74) is 16.6. The summed E-state index contributed by atoms with van der Waals surface area (Å²) in [6.07, 6.45) is 1.88. The molecule has 45 heavy (non-hydrogen) atoms. The largest absolute Gasteiger partial charge is 0.310 e. The van der Waals surface area contributed by atoms with E-state index in [-0.39, 0.29) is 0 Å². The zero-order chi connectivity index (χ0) is 31.5. The van der Waals surface area contributed by atoms with Crippen molar-refractivity contribution in [2.24, 2.45) is 0 Å². The Morgan fingerprint density at radius 1 is 0.422 bits per heavy atom. The summed E-state index contributed by atoms with van der Waals surface area (Å²) in [5.74, 6) is 0. The first kappa shape index (κ1) is 29.7. The van der Waals surface area contributed by atoms with Crippen LogP contribution < -0.4 is 9.80 Å². The van der Waals surface area contributed by atoms with Crippen molar-refractivity contribution >= 4 is 40.2 Å². The van der Waals surface area contributed by atoms with Gasteiger partial charge < -0.3 is 9.80 Å². The van der Waals surface area contributed by atoms with E-state index >= 15 is 0 Å². The van der Waals surface area contributed by atoms with Gasteiger partial charge in [-0.2, -0.15) is 0 Å². The average molecular weight is 585 g/mol. The predicted molar refractivity (Wildman–Crippen MR) is 195 cm³/mol. The molecule has 0 atom stereocenters. The minimum Gasteiger partial charge on any atom is -0.310 e. The maximum atomic E-state index is 3.93. The van der Waals surface area contributed by atoms with E-state index in [9.17, 15) is 0 Å². The van der Waals surface area contributed by atoms with E-state index in [0.717, 1.165) is 34.0 Å². The molecule has 0 aromatic heterocycles. The van der Waals surface area contributed by atoms with Crippen molar-refractivity contribution in [1.29, 1.82) is 0 Å². The molecule has 0 saturated heterocycles. The van der Waals surface area contributed by atoms with Crippen LogP contribution in [0.1, 0.15) is 33.4 Å². The summed E-state index contributed by atoms with van der Waals surface area (Å²) in [6.45, 7) is 14.8. The van der Waals surface area contributed by atoms with E-state index in [1.165, 1.54) is 44.6 Å². The van der Waals surface area contributed by atoms with Gasteiger partial charge in [0.05, 0.1) is 0 Å². The molecule has 0 aliphatic heterocycles. The molecule has 0 heterocycles. The van der Waals surface area contributed by atoms with Crippen molar-refractivity contribution in [1.82, 2.24) is 0 Å². The van der Waals surface area contributed by atoms with Gasteiger partial charge in [0.1, 0.15) is 0 Å². The fourth-order valence-electron chi connectivity index (χ4n) is 6.09. The van der Waals surface area contributed by atoms with E-state index in [2.05, 4.69) is 184 Å². The molecule has 0 amide bonds. The zero-order valence-corrected chi connectivity index (χ0v) is 26.9. The summed E-state index contributed by atoms with van der Waals surface area (Å²) in [6, 6.07) is 48.4. The molecule has 2 heteroatoms. The van der Waals surface area contributed by atoms with Gasteiger partial charge in [-0.1, -0.05) is 73.3 Å². The molecular formula is C43H40N2. The van der Waals surface area contributed by atoms with Crippen LogP contribution in [0.3, 0.4) is 0 Å². The molecule has 0 aliphatic carbocycles.